The molecule has 0 spiro atoms. The number of benzene rings is 3. The minimum Gasteiger partial charge on any atom is -0.388 e. The first-order valence-electron chi connectivity index (χ1n) is 13.2. The van der Waals surface area contributed by atoms with Crippen molar-refractivity contribution in [3.05, 3.63) is 125 Å². The van der Waals surface area contributed by atoms with Gasteiger partial charge in [0.1, 0.15) is 0 Å². The number of hydrogen-bond acceptors (Lipinski definition) is 2. The van der Waals surface area contributed by atoms with Crippen LogP contribution in [0.1, 0.15) is 56.4 Å². The maximum Gasteiger partial charge on any atom is 0.416 e. The van der Waals surface area contributed by atoms with Crippen molar-refractivity contribution in [1.29, 1.82) is 0 Å². The van der Waals surface area contributed by atoms with Crippen LogP contribution in [0.3, 0.4) is 0 Å². The van der Waals surface area contributed by atoms with Gasteiger partial charge in [-0.25, -0.2) is 0 Å². The molecule has 0 radical (unpaired) electrons. The van der Waals surface area contributed by atoms with Crippen LogP contribution in [0, 0.1) is 0 Å². The Morgan fingerprint density at radius 1 is 0.923 bits per heavy atom. The molecule has 0 bridgehead atoms. The van der Waals surface area contributed by atoms with Gasteiger partial charge in [-0.05, 0) is 64.4 Å². The van der Waals surface area contributed by atoms with Crippen molar-refractivity contribution < 1.29 is 13.2 Å². The molecule has 0 saturated heterocycles. The van der Waals surface area contributed by atoms with Crippen molar-refractivity contribution in [2.24, 2.45) is 0 Å². The molecule has 3 aromatic rings. The van der Waals surface area contributed by atoms with E-state index in [1.165, 1.54) is 16.8 Å². The van der Waals surface area contributed by atoms with Crippen molar-refractivity contribution >= 4 is 16.9 Å². The number of allylic oxidation sites excluding steroid dienone is 6. The topological polar surface area (TPSA) is 15.3 Å². The number of anilines is 2. The van der Waals surface area contributed by atoms with Gasteiger partial charge in [0.2, 0.25) is 0 Å². The molecule has 2 nitrogen and oxygen atoms in total. The molecule has 0 aliphatic carbocycles. The van der Waals surface area contributed by atoms with Crippen LogP contribution in [-0.4, -0.2) is 14.1 Å². The van der Waals surface area contributed by atoms with E-state index in [-0.39, 0.29) is 10.8 Å². The summed E-state index contributed by atoms with van der Waals surface area (Å²) in [7, 11) is 3.98. The first-order chi connectivity index (χ1) is 18.4. The van der Waals surface area contributed by atoms with E-state index < -0.39 is 11.7 Å². The van der Waals surface area contributed by atoms with Crippen molar-refractivity contribution in [2.45, 2.75) is 51.1 Å². The second-order valence-electron chi connectivity index (χ2n) is 11.2. The number of para-hydroxylation sites is 2. The lowest BCUT2D eigenvalue weighted by Crippen LogP contribution is -2.22. The van der Waals surface area contributed by atoms with E-state index in [0.29, 0.717) is 0 Å². The molecular formula is C34H37F3N2. The molecule has 0 saturated carbocycles. The van der Waals surface area contributed by atoms with E-state index >= 15 is 0 Å². The molecule has 1 aliphatic rings. The number of hydrogen-bond donors (Lipinski definition) is 1. The summed E-state index contributed by atoms with van der Waals surface area (Å²) in [5, 5.41) is 3.28. The lowest BCUT2D eigenvalue weighted by molar-refractivity contribution is -0.137. The smallest absolute Gasteiger partial charge is 0.388 e. The maximum absolute atomic E-state index is 13.2. The van der Waals surface area contributed by atoms with Gasteiger partial charge in [-0.3, -0.25) is 0 Å². The van der Waals surface area contributed by atoms with Crippen LogP contribution in [0.2, 0.25) is 0 Å². The second-order valence-corrected chi connectivity index (χ2v) is 11.2. The summed E-state index contributed by atoms with van der Waals surface area (Å²) in [6, 6.07) is 22.0. The predicted molar refractivity (Wildman–Crippen MR) is 158 cm³/mol. The zero-order valence-electron chi connectivity index (χ0n) is 23.5. The monoisotopic (exact) mass is 530 g/mol. The van der Waals surface area contributed by atoms with Crippen LogP contribution >= 0.6 is 0 Å². The minimum atomic E-state index is -4.37. The summed E-state index contributed by atoms with van der Waals surface area (Å²) in [5.74, 6) is 0. The van der Waals surface area contributed by atoms with E-state index in [4.69, 9.17) is 0 Å². The zero-order chi connectivity index (χ0) is 28.4. The van der Waals surface area contributed by atoms with E-state index in [1.807, 2.05) is 37.4 Å². The molecule has 204 valence electrons. The highest BCUT2D eigenvalue weighted by atomic mass is 19.4. The molecule has 1 heterocycles. The van der Waals surface area contributed by atoms with E-state index in [9.17, 15) is 13.2 Å². The molecule has 39 heavy (non-hydrogen) atoms. The first-order valence-corrected chi connectivity index (χ1v) is 13.2. The van der Waals surface area contributed by atoms with Crippen LogP contribution in [-0.2, 0) is 17.0 Å². The summed E-state index contributed by atoms with van der Waals surface area (Å²) in [4.78, 5) is 2.19. The van der Waals surface area contributed by atoms with Crippen LogP contribution in [0.5, 0.6) is 0 Å². The lowest BCUT2D eigenvalue weighted by Gasteiger charge is -2.26. The van der Waals surface area contributed by atoms with Gasteiger partial charge >= 0.3 is 6.18 Å². The number of rotatable bonds is 7. The lowest BCUT2D eigenvalue weighted by atomic mass is 9.80. The Balaban J connectivity index is 1.71. The Morgan fingerprint density at radius 2 is 1.56 bits per heavy atom. The number of alkyl halides is 3. The van der Waals surface area contributed by atoms with Gasteiger partial charge in [0.05, 0.1) is 5.56 Å². The SMILES string of the molecule is CNc1ccccc1C(C)(C)C/C=C/C(=C/C=C1/N(C)c2ccccc2C1(C)C)c1ccc(C(F)(F)F)cc1. The summed E-state index contributed by atoms with van der Waals surface area (Å²) in [6.45, 7) is 8.79. The van der Waals surface area contributed by atoms with Crippen molar-refractivity contribution in [3.63, 3.8) is 0 Å². The van der Waals surface area contributed by atoms with E-state index in [2.05, 4.69) is 87.4 Å². The highest BCUT2D eigenvalue weighted by Crippen LogP contribution is 2.46. The zero-order valence-corrected chi connectivity index (χ0v) is 23.5. The highest BCUT2D eigenvalue weighted by molar-refractivity contribution is 5.77. The molecule has 0 fully saturated rings. The van der Waals surface area contributed by atoms with Gasteiger partial charge in [0, 0.05) is 36.6 Å². The standard InChI is InChI=1S/C34H37F3N2/c1-32(2,27-13-7-9-15-29(27)38-5)23-11-12-24(25-17-20-26(21-18-25)34(35,36)37)19-22-31-33(3,4)28-14-8-10-16-30(28)39(31)6/h7-22,38H,23H2,1-6H3/b12-11+,24-19-,31-22+. The average molecular weight is 531 g/mol. The van der Waals surface area contributed by atoms with Gasteiger partial charge in [-0.2, -0.15) is 13.2 Å². The Bertz CT molecular complexity index is 1410. The number of halogens is 3. The molecule has 1 aliphatic heterocycles. The third kappa shape index (κ3) is 5.83. The van der Waals surface area contributed by atoms with Crippen LogP contribution < -0.4 is 10.2 Å². The Kier molecular flexibility index (Phi) is 7.83. The second kappa shape index (κ2) is 10.8. The summed E-state index contributed by atoms with van der Waals surface area (Å²) in [6.07, 6.45) is 4.65. The third-order valence-electron chi connectivity index (χ3n) is 7.76. The molecule has 4 rings (SSSR count). The molecule has 0 atom stereocenters. The number of fused-ring (bicyclic) bond motifs is 1. The highest BCUT2D eigenvalue weighted by Gasteiger charge is 2.37. The van der Waals surface area contributed by atoms with Gasteiger partial charge < -0.3 is 10.2 Å². The number of nitrogens with zero attached hydrogens (tertiary/aromatic N) is 1. The average Bonchev–Trinajstić information content (AvgIpc) is 3.10. The molecular weight excluding hydrogens is 493 g/mol. The molecule has 0 unspecified atom stereocenters. The predicted octanol–water partition coefficient (Wildman–Crippen LogP) is 9.37. The normalized spacial score (nSPS) is 16.7. The Labute approximate surface area is 230 Å². The first kappa shape index (κ1) is 28.3. The van der Waals surface area contributed by atoms with Gasteiger partial charge in [-0.15, -0.1) is 0 Å². The quantitative estimate of drug-likeness (QED) is 0.306. The van der Waals surface area contributed by atoms with Gasteiger partial charge in [0.25, 0.3) is 0 Å². The van der Waals surface area contributed by atoms with Crippen molar-refractivity contribution in [3.8, 4) is 0 Å². The molecule has 0 amide bonds. The maximum atomic E-state index is 13.2. The molecule has 5 heteroatoms. The van der Waals surface area contributed by atoms with Gasteiger partial charge in [-0.1, -0.05) is 94.5 Å². The fraction of sp³-hybridized carbons (Fsp3) is 0.294. The summed E-state index contributed by atoms with van der Waals surface area (Å²) < 4.78 is 39.7. The van der Waals surface area contributed by atoms with Crippen molar-refractivity contribution in [2.75, 3.05) is 24.3 Å². The summed E-state index contributed by atoms with van der Waals surface area (Å²) in [5.41, 5.74) is 6.45. The fourth-order valence-corrected chi connectivity index (χ4v) is 5.45. The van der Waals surface area contributed by atoms with E-state index in [0.717, 1.165) is 41.1 Å². The van der Waals surface area contributed by atoms with Crippen LogP contribution in [0.4, 0.5) is 24.5 Å². The van der Waals surface area contributed by atoms with Crippen LogP contribution in [0.15, 0.2) is 103 Å². The minimum absolute atomic E-state index is 0.144. The molecule has 1 N–H and O–H groups in total. The fourth-order valence-electron chi connectivity index (χ4n) is 5.45. The largest absolute Gasteiger partial charge is 0.416 e. The Hall–Kier alpha value is -3.73. The molecule has 0 aromatic heterocycles. The third-order valence-corrected chi connectivity index (χ3v) is 7.76. The van der Waals surface area contributed by atoms with Crippen LogP contribution in [0.25, 0.3) is 5.57 Å². The van der Waals surface area contributed by atoms with Crippen molar-refractivity contribution in [1.82, 2.24) is 0 Å². The summed E-state index contributed by atoms with van der Waals surface area (Å²) >= 11 is 0. The number of likely N-dealkylation sites (N-methyl/N-ethyl adjacent to an activating group) is 1. The molecule has 3 aromatic carbocycles. The van der Waals surface area contributed by atoms with E-state index in [1.54, 1.807) is 12.1 Å². The Morgan fingerprint density at radius 3 is 2.21 bits per heavy atom. The number of nitrogens with one attached hydrogen (secondary N) is 1. The van der Waals surface area contributed by atoms with Gasteiger partial charge in [0.15, 0.2) is 0 Å².